The lowest BCUT2D eigenvalue weighted by Crippen LogP contribution is -2.06. The van der Waals surface area contributed by atoms with Gasteiger partial charge >= 0.3 is 0 Å². The van der Waals surface area contributed by atoms with Gasteiger partial charge in [-0.3, -0.25) is 0 Å². The smallest absolute Gasteiger partial charge is 0.0614 e. The minimum absolute atomic E-state index is 0.0741. The van der Waals surface area contributed by atoms with Crippen molar-refractivity contribution in [3.8, 4) is 0 Å². The van der Waals surface area contributed by atoms with Crippen LogP contribution >= 0.6 is 0 Å². The summed E-state index contributed by atoms with van der Waals surface area (Å²) in [5.41, 5.74) is 1.06. The van der Waals surface area contributed by atoms with E-state index in [0.717, 1.165) is 18.4 Å². The molecule has 0 radical (unpaired) electrons. The SMILES string of the molecule is CCC[C@@H](O)C/C(C)=C/CO. The molecule has 2 heteroatoms. The van der Waals surface area contributed by atoms with Gasteiger partial charge in [-0.1, -0.05) is 25.0 Å². The van der Waals surface area contributed by atoms with Crippen molar-refractivity contribution in [3.05, 3.63) is 11.6 Å². The number of aliphatic hydroxyl groups excluding tert-OH is 2. The van der Waals surface area contributed by atoms with Crippen LogP contribution in [0.4, 0.5) is 0 Å². The Kier molecular flexibility index (Phi) is 6.18. The lowest BCUT2D eigenvalue weighted by Gasteiger charge is -2.08. The molecular weight excluding hydrogens is 140 g/mol. The van der Waals surface area contributed by atoms with Crippen LogP contribution in [0.25, 0.3) is 0 Å². The maximum absolute atomic E-state index is 9.32. The maximum Gasteiger partial charge on any atom is 0.0614 e. The van der Waals surface area contributed by atoms with Crippen molar-refractivity contribution in [1.29, 1.82) is 0 Å². The quantitative estimate of drug-likeness (QED) is 0.595. The van der Waals surface area contributed by atoms with Crippen LogP contribution in [-0.2, 0) is 0 Å². The fraction of sp³-hybridized carbons (Fsp3) is 0.778. The Morgan fingerprint density at radius 1 is 1.55 bits per heavy atom. The molecule has 2 nitrogen and oxygen atoms in total. The summed E-state index contributed by atoms with van der Waals surface area (Å²) in [6.07, 6.45) is 4.04. The number of hydrogen-bond donors (Lipinski definition) is 2. The first-order valence-electron chi connectivity index (χ1n) is 4.15. The summed E-state index contributed by atoms with van der Waals surface area (Å²) in [6.45, 7) is 4.05. The van der Waals surface area contributed by atoms with Gasteiger partial charge in [0.05, 0.1) is 12.7 Å². The van der Waals surface area contributed by atoms with Crippen molar-refractivity contribution in [3.63, 3.8) is 0 Å². The van der Waals surface area contributed by atoms with E-state index < -0.39 is 0 Å². The highest BCUT2D eigenvalue weighted by Crippen LogP contribution is 2.08. The molecule has 0 aliphatic carbocycles. The van der Waals surface area contributed by atoms with E-state index in [1.807, 2.05) is 13.8 Å². The zero-order valence-electron chi connectivity index (χ0n) is 7.38. The first-order valence-corrected chi connectivity index (χ1v) is 4.15. The summed E-state index contributed by atoms with van der Waals surface area (Å²) in [5, 5.41) is 17.8. The third-order valence-corrected chi connectivity index (χ3v) is 1.62. The molecule has 1 atom stereocenters. The highest BCUT2D eigenvalue weighted by molar-refractivity contribution is 4.99. The fourth-order valence-electron chi connectivity index (χ4n) is 1.05. The van der Waals surface area contributed by atoms with E-state index in [0.29, 0.717) is 6.42 Å². The van der Waals surface area contributed by atoms with Gasteiger partial charge in [0.1, 0.15) is 0 Å². The van der Waals surface area contributed by atoms with Crippen molar-refractivity contribution < 1.29 is 10.2 Å². The first kappa shape index (κ1) is 10.7. The van der Waals surface area contributed by atoms with Crippen molar-refractivity contribution >= 4 is 0 Å². The molecule has 0 fully saturated rings. The Bertz CT molecular complexity index is 119. The largest absolute Gasteiger partial charge is 0.393 e. The Morgan fingerprint density at radius 3 is 2.64 bits per heavy atom. The van der Waals surface area contributed by atoms with E-state index in [2.05, 4.69) is 0 Å². The van der Waals surface area contributed by atoms with Crippen LogP contribution in [0.5, 0.6) is 0 Å². The van der Waals surface area contributed by atoms with Crippen LogP contribution in [0.1, 0.15) is 33.1 Å². The average molecular weight is 158 g/mol. The summed E-state index contributed by atoms with van der Waals surface area (Å²) in [5.74, 6) is 0. The second kappa shape index (κ2) is 6.38. The second-order valence-electron chi connectivity index (χ2n) is 2.88. The molecule has 0 amide bonds. The standard InChI is InChI=1S/C9H18O2/c1-3-4-9(11)7-8(2)5-6-10/h5,9-11H,3-4,6-7H2,1-2H3/b8-5+/t9-/m1/s1. The highest BCUT2D eigenvalue weighted by Gasteiger charge is 2.02. The van der Waals surface area contributed by atoms with Crippen molar-refractivity contribution in [2.24, 2.45) is 0 Å². The fourth-order valence-corrected chi connectivity index (χ4v) is 1.05. The van der Waals surface area contributed by atoms with Gasteiger partial charge in [-0.25, -0.2) is 0 Å². The summed E-state index contributed by atoms with van der Waals surface area (Å²) in [4.78, 5) is 0. The number of hydrogen-bond acceptors (Lipinski definition) is 2. The van der Waals surface area contributed by atoms with Crippen molar-refractivity contribution in [2.45, 2.75) is 39.2 Å². The molecular formula is C9H18O2. The summed E-state index contributed by atoms with van der Waals surface area (Å²) in [7, 11) is 0. The Morgan fingerprint density at radius 2 is 2.18 bits per heavy atom. The number of aliphatic hydroxyl groups is 2. The minimum Gasteiger partial charge on any atom is -0.393 e. The Hall–Kier alpha value is -0.340. The van der Waals surface area contributed by atoms with E-state index in [1.165, 1.54) is 0 Å². The van der Waals surface area contributed by atoms with Gasteiger partial charge in [0, 0.05) is 0 Å². The molecule has 0 heterocycles. The molecule has 66 valence electrons. The van der Waals surface area contributed by atoms with Gasteiger partial charge in [-0.2, -0.15) is 0 Å². The summed E-state index contributed by atoms with van der Waals surface area (Å²) in [6, 6.07) is 0. The van der Waals surface area contributed by atoms with E-state index in [1.54, 1.807) is 6.08 Å². The van der Waals surface area contributed by atoms with Gasteiger partial charge in [-0.05, 0) is 19.8 Å². The third-order valence-electron chi connectivity index (χ3n) is 1.62. The zero-order valence-corrected chi connectivity index (χ0v) is 7.38. The maximum atomic E-state index is 9.32. The molecule has 0 bridgehead atoms. The van der Waals surface area contributed by atoms with Gasteiger partial charge in [-0.15, -0.1) is 0 Å². The molecule has 0 aliphatic heterocycles. The molecule has 0 unspecified atom stereocenters. The van der Waals surface area contributed by atoms with E-state index in [4.69, 9.17) is 5.11 Å². The molecule has 0 saturated heterocycles. The third kappa shape index (κ3) is 6.07. The van der Waals surface area contributed by atoms with Gasteiger partial charge in [0.15, 0.2) is 0 Å². The van der Waals surface area contributed by atoms with Gasteiger partial charge < -0.3 is 10.2 Å². The molecule has 0 saturated carbocycles. The molecule has 0 aromatic carbocycles. The van der Waals surface area contributed by atoms with Crippen LogP contribution in [0.15, 0.2) is 11.6 Å². The Labute approximate surface area is 68.6 Å². The highest BCUT2D eigenvalue weighted by atomic mass is 16.3. The van der Waals surface area contributed by atoms with Crippen LogP contribution in [0.2, 0.25) is 0 Å². The topological polar surface area (TPSA) is 40.5 Å². The monoisotopic (exact) mass is 158 g/mol. The second-order valence-corrected chi connectivity index (χ2v) is 2.88. The average Bonchev–Trinajstić information content (AvgIpc) is 1.87. The van der Waals surface area contributed by atoms with Crippen LogP contribution in [0, 0.1) is 0 Å². The van der Waals surface area contributed by atoms with Crippen molar-refractivity contribution in [2.75, 3.05) is 6.61 Å². The van der Waals surface area contributed by atoms with E-state index in [-0.39, 0.29) is 12.7 Å². The molecule has 0 aliphatic rings. The van der Waals surface area contributed by atoms with Gasteiger partial charge in [0.25, 0.3) is 0 Å². The molecule has 11 heavy (non-hydrogen) atoms. The first-order chi connectivity index (χ1) is 5.20. The van der Waals surface area contributed by atoms with Crippen LogP contribution < -0.4 is 0 Å². The van der Waals surface area contributed by atoms with E-state index >= 15 is 0 Å². The predicted octanol–water partition coefficient (Wildman–Crippen LogP) is 1.48. The predicted molar refractivity (Wildman–Crippen MR) is 46.4 cm³/mol. The van der Waals surface area contributed by atoms with E-state index in [9.17, 15) is 5.11 Å². The molecule has 0 aromatic rings. The molecule has 0 rings (SSSR count). The van der Waals surface area contributed by atoms with Crippen molar-refractivity contribution in [1.82, 2.24) is 0 Å². The molecule has 0 aromatic heterocycles. The Balaban J connectivity index is 3.56. The molecule has 0 spiro atoms. The van der Waals surface area contributed by atoms with Crippen LogP contribution in [0.3, 0.4) is 0 Å². The zero-order chi connectivity index (χ0) is 8.69. The normalized spacial score (nSPS) is 15.1. The number of rotatable bonds is 5. The lowest BCUT2D eigenvalue weighted by atomic mass is 10.1. The molecule has 2 N–H and O–H groups in total. The summed E-state index contributed by atoms with van der Waals surface area (Å²) >= 11 is 0. The summed E-state index contributed by atoms with van der Waals surface area (Å²) < 4.78 is 0. The van der Waals surface area contributed by atoms with Gasteiger partial charge in [0.2, 0.25) is 0 Å². The lowest BCUT2D eigenvalue weighted by molar-refractivity contribution is 0.163. The van der Waals surface area contributed by atoms with Crippen LogP contribution in [-0.4, -0.2) is 22.9 Å². The minimum atomic E-state index is -0.234.